The van der Waals surface area contributed by atoms with Crippen LogP contribution in [0.25, 0.3) is 0 Å². The van der Waals surface area contributed by atoms with E-state index in [4.69, 9.17) is 17.4 Å². The minimum atomic E-state index is -0.259. The van der Waals surface area contributed by atoms with Crippen LogP contribution in [0.4, 0.5) is 5.82 Å². The number of anilines is 1. The topological polar surface area (TPSA) is 80.0 Å². The van der Waals surface area contributed by atoms with E-state index in [0.29, 0.717) is 10.8 Å². The van der Waals surface area contributed by atoms with Crippen LogP contribution in [-0.2, 0) is 0 Å². The number of amides is 1. The van der Waals surface area contributed by atoms with Crippen LogP contribution in [0.3, 0.4) is 0 Å². The summed E-state index contributed by atoms with van der Waals surface area (Å²) in [7, 11) is 0. The van der Waals surface area contributed by atoms with E-state index in [9.17, 15) is 4.79 Å². The lowest BCUT2D eigenvalue weighted by molar-refractivity contribution is 0.0932. The molecule has 1 heterocycles. The maximum absolute atomic E-state index is 12.0. The van der Waals surface area contributed by atoms with Crippen LogP contribution < -0.4 is 16.6 Å². The monoisotopic (exact) mass is 268 g/mol. The fraction of sp³-hybridized carbons (Fsp3) is 0.500. The standard InChI is InChI=1S/C12H17ClN4O/c1-7(6-8-2-3-8)15-12(18)11-9(13)4-5-10(16-11)17-14/h4-5,7-8H,2-3,6,14H2,1H3,(H,15,18)(H,16,17). The van der Waals surface area contributed by atoms with Crippen molar-refractivity contribution in [1.29, 1.82) is 0 Å². The first kappa shape index (κ1) is 13.1. The molecule has 1 atom stereocenters. The van der Waals surface area contributed by atoms with E-state index >= 15 is 0 Å². The highest BCUT2D eigenvalue weighted by Gasteiger charge is 2.25. The van der Waals surface area contributed by atoms with Gasteiger partial charge < -0.3 is 10.7 Å². The van der Waals surface area contributed by atoms with Gasteiger partial charge in [0.25, 0.3) is 5.91 Å². The van der Waals surface area contributed by atoms with Gasteiger partial charge in [-0.3, -0.25) is 4.79 Å². The summed E-state index contributed by atoms with van der Waals surface area (Å²) in [4.78, 5) is 16.1. The molecular weight excluding hydrogens is 252 g/mol. The Labute approximate surface area is 111 Å². The Kier molecular flexibility index (Phi) is 4.04. The number of hydrogen-bond acceptors (Lipinski definition) is 4. The van der Waals surface area contributed by atoms with Crippen molar-refractivity contribution in [2.75, 3.05) is 5.43 Å². The van der Waals surface area contributed by atoms with Crippen molar-refractivity contribution in [3.63, 3.8) is 0 Å². The van der Waals surface area contributed by atoms with Gasteiger partial charge in [0.15, 0.2) is 0 Å². The lowest BCUT2D eigenvalue weighted by Gasteiger charge is -2.14. The average molecular weight is 269 g/mol. The second-order valence-electron chi connectivity index (χ2n) is 4.72. The third kappa shape index (κ3) is 3.34. The predicted octanol–water partition coefficient (Wildman–Crippen LogP) is 1.94. The van der Waals surface area contributed by atoms with Gasteiger partial charge in [-0.2, -0.15) is 0 Å². The van der Waals surface area contributed by atoms with Gasteiger partial charge in [-0.25, -0.2) is 10.8 Å². The van der Waals surface area contributed by atoms with Gasteiger partial charge in [0.05, 0.1) is 5.02 Å². The van der Waals surface area contributed by atoms with Crippen molar-refractivity contribution in [3.05, 3.63) is 22.8 Å². The molecule has 1 aliphatic rings. The molecule has 0 aliphatic heterocycles. The molecule has 1 aliphatic carbocycles. The minimum absolute atomic E-state index is 0.136. The molecule has 1 aromatic heterocycles. The number of nitrogens with one attached hydrogen (secondary N) is 2. The molecule has 0 bridgehead atoms. The van der Waals surface area contributed by atoms with Gasteiger partial charge in [0, 0.05) is 6.04 Å². The molecule has 5 nitrogen and oxygen atoms in total. The Bertz CT molecular complexity index is 448. The van der Waals surface area contributed by atoms with E-state index in [-0.39, 0.29) is 17.6 Å². The lowest BCUT2D eigenvalue weighted by Crippen LogP contribution is -2.33. The zero-order chi connectivity index (χ0) is 13.1. The second-order valence-corrected chi connectivity index (χ2v) is 5.13. The smallest absolute Gasteiger partial charge is 0.271 e. The van der Waals surface area contributed by atoms with Crippen LogP contribution in [0, 0.1) is 5.92 Å². The second kappa shape index (κ2) is 5.54. The number of aromatic nitrogens is 1. The Morgan fingerprint density at radius 3 is 2.94 bits per heavy atom. The highest BCUT2D eigenvalue weighted by Crippen LogP contribution is 2.33. The normalized spacial score (nSPS) is 16.2. The first-order valence-corrected chi connectivity index (χ1v) is 6.42. The number of carbonyl (C=O) groups is 1. The number of hydrazine groups is 1. The van der Waals surface area contributed by atoms with Gasteiger partial charge in [-0.1, -0.05) is 24.4 Å². The molecule has 1 saturated carbocycles. The van der Waals surface area contributed by atoms with E-state index in [1.807, 2.05) is 6.92 Å². The molecule has 6 heteroatoms. The Morgan fingerprint density at radius 1 is 1.61 bits per heavy atom. The van der Waals surface area contributed by atoms with Crippen LogP contribution in [0.5, 0.6) is 0 Å². The summed E-state index contributed by atoms with van der Waals surface area (Å²) in [5, 5.41) is 3.23. The molecule has 1 amide bonds. The molecule has 1 fully saturated rings. The summed E-state index contributed by atoms with van der Waals surface area (Å²) in [6.07, 6.45) is 3.55. The van der Waals surface area contributed by atoms with Crippen molar-refractivity contribution in [1.82, 2.24) is 10.3 Å². The Morgan fingerprint density at radius 2 is 2.33 bits per heavy atom. The zero-order valence-corrected chi connectivity index (χ0v) is 11.0. The van der Waals surface area contributed by atoms with Crippen LogP contribution in [-0.4, -0.2) is 16.9 Å². The number of nitrogens with zero attached hydrogens (tertiary/aromatic N) is 1. The Balaban J connectivity index is 2.02. The van der Waals surface area contributed by atoms with Crippen LogP contribution >= 0.6 is 11.6 Å². The lowest BCUT2D eigenvalue weighted by atomic mass is 10.1. The van der Waals surface area contributed by atoms with E-state index in [1.54, 1.807) is 12.1 Å². The van der Waals surface area contributed by atoms with E-state index in [0.717, 1.165) is 12.3 Å². The van der Waals surface area contributed by atoms with Crippen LogP contribution in [0.2, 0.25) is 5.02 Å². The van der Waals surface area contributed by atoms with E-state index in [1.165, 1.54) is 12.8 Å². The first-order valence-electron chi connectivity index (χ1n) is 6.04. The van der Waals surface area contributed by atoms with Crippen molar-refractivity contribution >= 4 is 23.3 Å². The molecule has 98 valence electrons. The van der Waals surface area contributed by atoms with Gasteiger partial charge in [0.2, 0.25) is 0 Å². The third-order valence-corrected chi connectivity index (χ3v) is 3.28. The number of nitrogens with two attached hydrogens (primary N) is 1. The average Bonchev–Trinajstić information content (AvgIpc) is 3.13. The third-order valence-electron chi connectivity index (χ3n) is 2.97. The molecule has 0 aromatic carbocycles. The Hall–Kier alpha value is -1.33. The number of hydrogen-bond donors (Lipinski definition) is 3. The maximum Gasteiger partial charge on any atom is 0.271 e. The first-order chi connectivity index (χ1) is 8.60. The molecule has 1 aromatic rings. The van der Waals surface area contributed by atoms with E-state index in [2.05, 4.69) is 15.7 Å². The molecule has 2 rings (SSSR count). The van der Waals surface area contributed by atoms with Crippen molar-refractivity contribution in [2.24, 2.45) is 11.8 Å². The highest BCUT2D eigenvalue weighted by molar-refractivity contribution is 6.33. The SMILES string of the molecule is CC(CC1CC1)NC(=O)c1nc(NN)ccc1Cl. The van der Waals surface area contributed by atoms with Gasteiger partial charge in [0.1, 0.15) is 11.5 Å². The molecular formula is C12H17ClN4O. The minimum Gasteiger partial charge on any atom is -0.348 e. The molecule has 1 unspecified atom stereocenters. The van der Waals surface area contributed by atoms with Gasteiger partial charge in [-0.15, -0.1) is 0 Å². The number of halogens is 1. The molecule has 0 radical (unpaired) electrons. The summed E-state index contributed by atoms with van der Waals surface area (Å²) < 4.78 is 0. The summed E-state index contributed by atoms with van der Waals surface area (Å²) in [6, 6.07) is 3.36. The summed E-state index contributed by atoms with van der Waals surface area (Å²) in [5.41, 5.74) is 2.60. The number of rotatable bonds is 5. The van der Waals surface area contributed by atoms with Gasteiger partial charge >= 0.3 is 0 Å². The largest absolute Gasteiger partial charge is 0.348 e. The quantitative estimate of drug-likeness (QED) is 0.563. The number of nitrogen functional groups attached to an aromatic ring is 1. The predicted molar refractivity (Wildman–Crippen MR) is 71.3 cm³/mol. The van der Waals surface area contributed by atoms with Crippen molar-refractivity contribution in [2.45, 2.75) is 32.2 Å². The maximum atomic E-state index is 12.0. The summed E-state index contributed by atoms with van der Waals surface area (Å²) >= 11 is 5.96. The molecule has 18 heavy (non-hydrogen) atoms. The summed E-state index contributed by atoms with van der Waals surface area (Å²) in [5.74, 6) is 6.18. The van der Waals surface area contributed by atoms with Gasteiger partial charge in [-0.05, 0) is 31.4 Å². The fourth-order valence-electron chi connectivity index (χ4n) is 1.89. The number of pyridine rings is 1. The highest BCUT2D eigenvalue weighted by atomic mass is 35.5. The molecule has 4 N–H and O–H groups in total. The summed E-state index contributed by atoms with van der Waals surface area (Å²) in [6.45, 7) is 2.00. The fourth-order valence-corrected chi connectivity index (χ4v) is 2.08. The van der Waals surface area contributed by atoms with E-state index < -0.39 is 0 Å². The van der Waals surface area contributed by atoms with Crippen molar-refractivity contribution in [3.8, 4) is 0 Å². The number of carbonyl (C=O) groups excluding carboxylic acids is 1. The molecule has 0 saturated heterocycles. The van der Waals surface area contributed by atoms with Crippen molar-refractivity contribution < 1.29 is 4.79 Å². The zero-order valence-electron chi connectivity index (χ0n) is 10.2. The van der Waals surface area contributed by atoms with Crippen LogP contribution in [0.1, 0.15) is 36.7 Å². The molecule has 0 spiro atoms. The van der Waals surface area contributed by atoms with Crippen LogP contribution in [0.15, 0.2) is 12.1 Å².